The zero-order valence-electron chi connectivity index (χ0n) is 12.5. The van der Waals surface area contributed by atoms with Crippen LogP contribution >= 0.6 is 11.6 Å². The molecule has 0 N–H and O–H groups in total. The lowest BCUT2D eigenvalue weighted by molar-refractivity contribution is 0.190. The van der Waals surface area contributed by atoms with Crippen LogP contribution in [0.5, 0.6) is 0 Å². The maximum atomic E-state index is 5.95. The van der Waals surface area contributed by atoms with Gasteiger partial charge in [0.25, 0.3) is 0 Å². The Hall–Kier alpha value is -1.91. The second-order valence-electron chi connectivity index (χ2n) is 5.18. The van der Waals surface area contributed by atoms with Crippen molar-refractivity contribution in [3.05, 3.63) is 59.0 Å². The maximum absolute atomic E-state index is 5.95. The molecule has 0 fully saturated rings. The van der Waals surface area contributed by atoms with Crippen LogP contribution in [-0.2, 0) is 17.7 Å². The molecule has 0 radical (unpaired) electrons. The number of ether oxygens (including phenoxy) is 1. The fourth-order valence-electron chi connectivity index (χ4n) is 2.53. The summed E-state index contributed by atoms with van der Waals surface area (Å²) in [7, 11) is 1.72. The van der Waals surface area contributed by atoms with Gasteiger partial charge in [0.2, 0.25) is 0 Å². The summed E-state index contributed by atoms with van der Waals surface area (Å²) in [5.74, 6) is 1.02. The normalized spacial score (nSPS) is 11.2. The quantitative estimate of drug-likeness (QED) is 0.651. The molecule has 0 amide bonds. The summed E-state index contributed by atoms with van der Waals surface area (Å²) in [6.45, 7) is 1.58. The molecule has 4 nitrogen and oxygen atoms in total. The molecule has 0 aliphatic rings. The molecular weight excluding hydrogens is 298 g/mol. The van der Waals surface area contributed by atoms with Crippen molar-refractivity contribution >= 4 is 22.8 Å². The van der Waals surface area contributed by atoms with Gasteiger partial charge in [-0.25, -0.2) is 9.97 Å². The van der Waals surface area contributed by atoms with Crippen molar-refractivity contribution < 1.29 is 4.74 Å². The van der Waals surface area contributed by atoms with Gasteiger partial charge in [0.1, 0.15) is 11.3 Å². The monoisotopic (exact) mass is 315 g/mol. The van der Waals surface area contributed by atoms with Crippen LogP contribution < -0.4 is 0 Å². The van der Waals surface area contributed by atoms with Gasteiger partial charge in [-0.05, 0) is 36.2 Å². The number of aryl methyl sites for hydroxylation is 1. The Bertz CT molecular complexity index is 752. The van der Waals surface area contributed by atoms with Gasteiger partial charge in [-0.15, -0.1) is 0 Å². The zero-order valence-corrected chi connectivity index (χ0v) is 13.3. The van der Waals surface area contributed by atoms with Gasteiger partial charge in [-0.3, -0.25) is 0 Å². The Balaban J connectivity index is 1.92. The Morgan fingerprint density at radius 3 is 2.77 bits per heavy atom. The molecule has 3 aromatic rings. The second kappa shape index (κ2) is 6.90. The van der Waals surface area contributed by atoms with Gasteiger partial charge in [-0.1, -0.05) is 23.7 Å². The van der Waals surface area contributed by atoms with Gasteiger partial charge in [0.15, 0.2) is 5.65 Å². The molecule has 0 aliphatic carbocycles. The summed E-state index contributed by atoms with van der Waals surface area (Å²) in [5.41, 5.74) is 3.05. The van der Waals surface area contributed by atoms with Crippen LogP contribution in [-0.4, -0.2) is 28.3 Å². The molecule has 2 heterocycles. The van der Waals surface area contributed by atoms with Gasteiger partial charge in [0, 0.05) is 37.9 Å². The van der Waals surface area contributed by atoms with Crippen molar-refractivity contribution in [2.45, 2.75) is 19.4 Å². The molecule has 3 rings (SSSR count). The van der Waals surface area contributed by atoms with Crippen molar-refractivity contribution in [1.29, 1.82) is 0 Å². The first kappa shape index (κ1) is 15.0. The van der Waals surface area contributed by atoms with Crippen molar-refractivity contribution in [3.63, 3.8) is 0 Å². The largest absolute Gasteiger partial charge is 0.385 e. The van der Waals surface area contributed by atoms with Crippen LogP contribution in [0.25, 0.3) is 11.2 Å². The smallest absolute Gasteiger partial charge is 0.159 e. The Morgan fingerprint density at radius 1 is 1.18 bits per heavy atom. The predicted octanol–water partition coefficient (Wildman–Crippen LogP) is 3.71. The fourth-order valence-corrected chi connectivity index (χ4v) is 2.65. The molecule has 0 unspecified atom stereocenters. The lowest BCUT2D eigenvalue weighted by Crippen LogP contribution is -2.07. The van der Waals surface area contributed by atoms with Crippen LogP contribution in [0.4, 0.5) is 0 Å². The van der Waals surface area contributed by atoms with Gasteiger partial charge < -0.3 is 9.30 Å². The minimum atomic E-state index is 0.729. The van der Waals surface area contributed by atoms with Crippen LogP contribution in [0.2, 0.25) is 5.02 Å². The minimum absolute atomic E-state index is 0.729. The molecule has 114 valence electrons. The second-order valence-corrected chi connectivity index (χ2v) is 5.61. The molecule has 2 aromatic heterocycles. The number of imidazole rings is 1. The van der Waals surface area contributed by atoms with Crippen LogP contribution in [0.3, 0.4) is 0 Å². The molecule has 22 heavy (non-hydrogen) atoms. The highest BCUT2D eigenvalue weighted by molar-refractivity contribution is 6.30. The summed E-state index contributed by atoms with van der Waals surface area (Å²) < 4.78 is 7.34. The number of nitrogens with zero attached hydrogens (tertiary/aromatic N) is 3. The van der Waals surface area contributed by atoms with Crippen molar-refractivity contribution in [3.8, 4) is 0 Å². The summed E-state index contributed by atoms with van der Waals surface area (Å²) in [6, 6.07) is 11.8. The van der Waals surface area contributed by atoms with Crippen LogP contribution in [0.15, 0.2) is 42.6 Å². The first-order valence-electron chi connectivity index (χ1n) is 7.31. The SMILES string of the molecule is COCCCn1c(Cc2ccc(Cl)cc2)nc2cccnc21. The van der Waals surface area contributed by atoms with E-state index in [2.05, 4.69) is 9.55 Å². The van der Waals surface area contributed by atoms with E-state index in [4.69, 9.17) is 21.3 Å². The third kappa shape index (κ3) is 3.29. The number of hydrogen-bond acceptors (Lipinski definition) is 3. The maximum Gasteiger partial charge on any atom is 0.159 e. The lowest BCUT2D eigenvalue weighted by Gasteiger charge is -2.08. The highest BCUT2D eigenvalue weighted by Crippen LogP contribution is 2.18. The number of rotatable bonds is 6. The van der Waals surface area contributed by atoms with E-state index in [0.29, 0.717) is 0 Å². The van der Waals surface area contributed by atoms with Gasteiger partial charge in [-0.2, -0.15) is 0 Å². The molecule has 0 atom stereocenters. The molecule has 0 spiro atoms. The Labute approximate surface area is 134 Å². The van der Waals surface area contributed by atoms with Crippen LogP contribution in [0, 0.1) is 0 Å². The minimum Gasteiger partial charge on any atom is -0.385 e. The summed E-state index contributed by atoms with van der Waals surface area (Å²) in [4.78, 5) is 9.21. The predicted molar refractivity (Wildman–Crippen MR) is 88.3 cm³/mol. The van der Waals surface area contributed by atoms with E-state index >= 15 is 0 Å². The topological polar surface area (TPSA) is 39.9 Å². The van der Waals surface area contributed by atoms with Crippen molar-refractivity contribution in [2.75, 3.05) is 13.7 Å². The number of methoxy groups -OCH3 is 1. The third-order valence-electron chi connectivity index (χ3n) is 3.59. The number of pyridine rings is 1. The number of halogens is 1. The number of hydrogen-bond donors (Lipinski definition) is 0. The highest BCUT2D eigenvalue weighted by atomic mass is 35.5. The van der Waals surface area contributed by atoms with E-state index in [1.165, 1.54) is 5.56 Å². The molecule has 0 saturated heterocycles. The number of benzene rings is 1. The Morgan fingerprint density at radius 2 is 2.00 bits per heavy atom. The molecule has 0 bridgehead atoms. The summed E-state index contributed by atoms with van der Waals surface area (Å²) >= 11 is 5.95. The standard InChI is InChI=1S/C17H18ClN3O/c1-22-11-3-10-21-16(12-13-5-7-14(18)8-6-13)20-15-4-2-9-19-17(15)21/h2,4-9H,3,10-12H2,1H3. The average molecular weight is 316 g/mol. The molecule has 0 saturated carbocycles. The highest BCUT2D eigenvalue weighted by Gasteiger charge is 2.11. The third-order valence-corrected chi connectivity index (χ3v) is 3.84. The van der Waals surface area contributed by atoms with Crippen LogP contribution in [0.1, 0.15) is 17.8 Å². The number of aromatic nitrogens is 3. The van der Waals surface area contributed by atoms with Gasteiger partial charge >= 0.3 is 0 Å². The van der Waals surface area contributed by atoms with E-state index in [9.17, 15) is 0 Å². The van der Waals surface area contributed by atoms with E-state index in [1.807, 2.05) is 42.6 Å². The molecule has 1 aromatic carbocycles. The van der Waals surface area contributed by atoms with E-state index < -0.39 is 0 Å². The van der Waals surface area contributed by atoms with E-state index in [-0.39, 0.29) is 0 Å². The fraction of sp³-hybridized carbons (Fsp3) is 0.294. The van der Waals surface area contributed by atoms with E-state index in [1.54, 1.807) is 7.11 Å². The van der Waals surface area contributed by atoms with E-state index in [0.717, 1.165) is 48.0 Å². The molecule has 0 aliphatic heterocycles. The molecule has 5 heteroatoms. The van der Waals surface area contributed by atoms with Crippen molar-refractivity contribution in [2.24, 2.45) is 0 Å². The zero-order chi connectivity index (χ0) is 15.4. The van der Waals surface area contributed by atoms with Crippen molar-refractivity contribution in [1.82, 2.24) is 14.5 Å². The first-order valence-corrected chi connectivity index (χ1v) is 7.69. The summed E-state index contributed by atoms with van der Waals surface area (Å²) in [6.07, 6.45) is 3.51. The number of fused-ring (bicyclic) bond motifs is 1. The first-order chi connectivity index (χ1) is 10.8. The van der Waals surface area contributed by atoms with Gasteiger partial charge in [0.05, 0.1) is 0 Å². The summed E-state index contributed by atoms with van der Waals surface area (Å²) in [5, 5.41) is 0.749. The Kier molecular flexibility index (Phi) is 4.71. The lowest BCUT2D eigenvalue weighted by atomic mass is 10.1. The average Bonchev–Trinajstić information content (AvgIpc) is 2.88. The molecular formula is C17H18ClN3O.